The molecular weight excluding hydrogens is 895 g/mol. The largest absolute Gasteiger partial charge is 0.440 e. The van der Waals surface area contributed by atoms with Gasteiger partial charge in [0.05, 0.1) is 62.2 Å². The summed E-state index contributed by atoms with van der Waals surface area (Å²) in [6.45, 7) is 27.1. The van der Waals surface area contributed by atoms with E-state index < -0.39 is 24.3 Å². The minimum absolute atomic E-state index is 0. The summed E-state index contributed by atoms with van der Waals surface area (Å²) in [7, 11) is 12.3. The van der Waals surface area contributed by atoms with Crippen molar-refractivity contribution in [3.05, 3.63) is 35.9 Å². The Morgan fingerprint density at radius 2 is 1.50 bits per heavy atom. The van der Waals surface area contributed by atoms with E-state index in [4.69, 9.17) is 28.4 Å². The van der Waals surface area contributed by atoms with Crippen LogP contribution in [0.4, 0.5) is 4.79 Å². The van der Waals surface area contributed by atoms with Gasteiger partial charge in [-0.15, -0.1) is 0 Å². The Kier molecular flexibility index (Phi) is 30.8. The Morgan fingerprint density at radius 1 is 0.871 bits per heavy atom. The molecule has 0 radical (unpaired) electrons. The Labute approximate surface area is 427 Å². The molecule has 4 amide bonds. The molecule has 17 heteroatoms. The van der Waals surface area contributed by atoms with E-state index in [1.165, 1.54) is 0 Å². The van der Waals surface area contributed by atoms with Gasteiger partial charge >= 0.3 is 6.09 Å². The summed E-state index contributed by atoms with van der Waals surface area (Å²) in [5, 5.41) is 6.23. The second-order valence-corrected chi connectivity index (χ2v) is 21.4. The third kappa shape index (κ3) is 23.4. The predicted molar refractivity (Wildman–Crippen MR) is 282 cm³/mol. The molecule has 1 unspecified atom stereocenters. The van der Waals surface area contributed by atoms with Gasteiger partial charge in [0.1, 0.15) is 19.6 Å². The molecule has 410 valence electrons. The number of carbonyl (C=O) groups excluding carboxylic acids is 4. The molecule has 1 saturated heterocycles. The highest BCUT2D eigenvalue weighted by Crippen LogP contribution is 2.30. The molecule has 1 fully saturated rings. The molecule has 1 aliphatic rings. The molecule has 0 bridgehead atoms. The molecule has 1 aliphatic heterocycles. The van der Waals surface area contributed by atoms with Gasteiger partial charge in [0.15, 0.2) is 0 Å². The van der Waals surface area contributed by atoms with Gasteiger partial charge in [-0.05, 0) is 85.0 Å². The average molecular weight is 998 g/mol. The quantitative estimate of drug-likeness (QED) is 0.0588. The number of likely N-dealkylation sites (tertiary alicyclic amines) is 1. The van der Waals surface area contributed by atoms with E-state index in [0.29, 0.717) is 33.0 Å². The molecule has 1 heterocycles. The molecule has 2 rings (SSSR count). The Morgan fingerprint density at radius 3 is 2.04 bits per heavy atom. The number of carbonyl (C=O) groups is 4. The third-order valence-electron chi connectivity index (χ3n) is 12.5. The van der Waals surface area contributed by atoms with Gasteiger partial charge in [-0.25, -0.2) is 4.79 Å². The lowest BCUT2D eigenvalue weighted by Gasteiger charge is -2.39. The van der Waals surface area contributed by atoms with Crippen LogP contribution in [0.5, 0.6) is 0 Å². The molecule has 0 aliphatic carbocycles. The van der Waals surface area contributed by atoms with E-state index in [0.717, 1.165) is 30.7 Å². The van der Waals surface area contributed by atoms with Gasteiger partial charge < -0.3 is 48.4 Å². The zero-order valence-electron chi connectivity index (χ0n) is 47.0. The van der Waals surface area contributed by atoms with Gasteiger partial charge in [-0.3, -0.25) is 29.5 Å². The zero-order chi connectivity index (χ0) is 53.3. The topological polar surface area (TPSA) is 164 Å². The van der Waals surface area contributed by atoms with E-state index in [1.807, 2.05) is 108 Å². The van der Waals surface area contributed by atoms with Crippen LogP contribution in [0.25, 0.3) is 0 Å². The monoisotopic (exact) mass is 998 g/mol. The maximum absolute atomic E-state index is 14.2. The van der Waals surface area contributed by atoms with Gasteiger partial charge in [0.2, 0.25) is 17.7 Å². The third-order valence-corrected chi connectivity index (χ3v) is 12.5. The molecule has 1 aromatic carbocycles. The summed E-state index contributed by atoms with van der Waals surface area (Å²) >= 11 is 0. The number of methoxy groups -OCH3 is 2. The first kappa shape index (κ1) is 64.6. The van der Waals surface area contributed by atoms with E-state index in [-0.39, 0.29) is 94.6 Å². The van der Waals surface area contributed by atoms with Crippen molar-refractivity contribution in [2.45, 2.75) is 157 Å². The molecule has 2 N–H and O–H groups in total. The normalized spacial score (nSPS) is 17.6. The highest BCUT2D eigenvalue weighted by Gasteiger charge is 2.41. The van der Waals surface area contributed by atoms with Crippen molar-refractivity contribution in [2.75, 3.05) is 102 Å². The maximum atomic E-state index is 14.2. The minimum Gasteiger partial charge on any atom is -0.440 e. The van der Waals surface area contributed by atoms with Crippen LogP contribution in [-0.2, 0) is 42.8 Å². The zero-order valence-corrected chi connectivity index (χ0v) is 47.0. The van der Waals surface area contributed by atoms with Gasteiger partial charge in [0.25, 0.3) is 0 Å². The second kappa shape index (κ2) is 33.3. The summed E-state index contributed by atoms with van der Waals surface area (Å²) in [5.74, 6) is 0.353. The number of rotatable bonds is 30. The highest BCUT2D eigenvalue weighted by molar-refractivity contribution is 5.87. The second-order valence-electron chi connectivity index (χ2n) is 21.4. The standard InChI is InChI=1S/C49H89N7O10.C4H10.2H2/c1-17-35(4)44(55(14)42(58)29-50-47(59)43(34(2)3)52(10)11)40(61-15)28-41(57)56-25-21-24-39(56)45(62-16)36(5)30-63-31-51-37(6)46(38-22-19-18-20-23-38)66-48(60)54(13)27-26-53(12)32-64-33-65-49(7,8)9;1-4(2)3;;/h18-20,22-23,34-37,39-40,43-46,51H,17,21,24-33H2,1-16H3,(H,50,59);4H,1-3H3;2*1H/t35-,36-,37+,39-,40?,43-,44-,45+,46+;;;/m0.../s1. The Balaban J connectivity index is 0. The average Bonchev–Trinajstić information content (AvgIpc) is 3.78. The van der Waals surface area contributed by atoms with Crippen LogP contribution in [0.3, 0.4) is 0 Å². The Hall–Kier alpha value is -3.42. The van der Waals surface area contributed by atoms with E-state index in [9.17, 15) is 19.2 Å². The first-order valence-electron chi connectivity index (χ1n) is 25.5. The molecule has 0 spiro atoms. The number of hydrogen-bond donors (Lipinski definition) is 2. The lowest BCUT2D eigenvalue weighted by molar-refractivity contribution is -0.145. The number of nitrogens with one attached hydrogen (secondary N) is 2. The smallest absolute Gasteiger partial charge is 0.410 e. The molecular formula is C53H103N7O10. The van der Waals surface area contributed by atoms with Crippen molar-refractivity contribution in [3.63, 3.8) is 0 Å². The van der Waals surface area contributed by atoms with E-state index in [2.05, 4.69) is 52.2 Å². The van der Waals surface area contributed by atoms with Gasteiger partial charge in [-0.2, -0.15) is 0 Å². The number of hydrogen-bond acceptors (Lipinski definition) is 13. The fraction of sp³-hybridized carbons (Fsp3) is 0.811. The Bertz CT molecular complexity index is 1620. The van der Waals surface area contributed by atoms with Gasteiger partial charge in [-0.1, -0.05) is 92.1 Å². The van der Waals surface area contributed by atoms with Crippen LogP contribution in [0.1, 0.15) is 123 Å². The van der Waals surface area contributed by atoms with Crippen LogP contribution < -0.4 is 10.6 Å². The SMILES string of the molecule is CC(C)C.CC[C@H](C)[C@@H](C(CC(=O)N1CCC[C@H]1[C@H](OC)[C@@H](C)COCN[C@H](C)[C@@H](OC(=O)N(C)CCN(C)COCOC(C)(C)C)c1ccccc1)OC)N(C)C(=O)CNC(=O)[C@H](C(C)C)N(C)C.[HH].[HH]. The van der Waals surface area contributed by atoms with Crippen molar-refractivity contribution >= 4 is 23.8 Å². The summed E-state index contributed by atoms with van der Waals surface area (Å²) in [5.41, 5.74) is 0.575. The van der Waals surface area contributed by atoms with Crippen LogP contribution in [-0.4, -0.2) is 193 Å². The molecule has 17 nitrogen and oxygen atoms in total. The minimum atomic E-state index is -0.581. The van der Waals surface area contributed by atoms with Crippen LogP contribution in [0, 0.1) is 23.7 Å². The van der Waals surface area contributed by atoms with E-state index >= 15 is 0 Å². The van der Waals surface area contributed by atoms with Gasteiger partial charge in [0, 0.05) is 62.8 Å². The number of benzene rings is 1. The maximum Gasteiger partial charge on any atom is 0.410 e. The molecule has 0 aromatic heterocycles. The van der Waals surface area contributed by atoms with Crippen LogP contribution in [0.2, 0.25) is 0 Å². The lowest BCUT2D eigenvalue weighted by Crippen LogP contribution is -2.55. The molecule has 9 atom stereocenters. The van der Waals surface area contributed by atoms with Crippen LogP contribution in [0.15, 0.2) is 30.3 Å². The molecule has 0 saturated carbocycles. The van der Waals surface area contributed by atoms with E-state index in [1.54, 1.807) is 38.1 Å². The van der Waals surface area contributed by atoms with Crippen molar-refractivity contribution in [1.82, 2.24) is 35.1 Å². The summed E-state index contributed by atoms with van der Waals surface area (Å²) < 4.78 is 35.6. The number of likely N-dealkylation sites (N-methyl/N-ethyl adjacent to an activating group) is 4. The van der Waals surface area contributed by atoms with Crippen molar-refractivity contribution in [3.8, 4) is 0 Å². The van der Waals surface area contributed by atoms with Crippen molar-refractivity contribution in [1.29, 1.82) is 0 Å². The predicted octanol–water partition coefficient (Wildman–Crippen LogP) is 7.20. The fourth-order valence-corrected chi connectivity index (χ4v) is 8.60. The summed E-state index contributed by atoms with van der Waals surface area (Å²) in [6, 6.07) is 8.43. The first-order valence-corrected chi connectivity index (χ1v) is 25.5. The lowest BCUT2D eigenvalue weighted by atomic mass is 9.90. The van der Waals surface area contributed by atoms with Crippen LogP contribution >= 0.6 is 0 Å². The van der Waals surface area contributed by atoms with Crippen molar-refractivity contribution in [2.24, 2.45) is 23.7 Å². The number of ether oxygens (including phenoxy) is 6. The fourth-order valence-electron chi connectivity index (χ4n) is 8.60. The molecule has 70 heavy (non-hydrogen) atoms. The summed E-state index contributed by atoms with van der Waals surface area (Å²) in [4.78, 5) is 63.1. The number of amides is 4. The highest BCUT2D eigenvalue weighted by atomic mass is 16.7. The number of nitrogens with zero attached hydrogens (tertiary/aromatic N) is 5. The van der Waals surface area contributed by atoms with Crippen molar-refractivity contribution < 1.29 is 50.5 Å². The first-order chi connectivity index (χ1) is 32.8. The summed E-state index contributed by atoms with van der Waals surface area (Å²) in [6.07, 6.45) is 0.602. The molecule has 1 aromatic rings.